The molecule has 0 bridgehead atoms. The molecule has 2 rings (SSSR count). The van der Waals surface area contributed by atoms with Crippen LogP contribution >= 0.6 is 0 Å². The van der Waals surface area contributed by atoms with Gasteiger partial charge in [-0.1, -0.05) is 18.2 Å². The molecule has 1 aliphatic rings. The van der Waals surface area contributed by atoms with Gasteiger partial charge in [-0.25, -0.2) is 0 Å². The van der Waals surface area contributed by atoms with Crippen LogP contribution in [0.25, 0.3) is 0 Å². The van der Waals surface area contributed by atoms with Gasteiger partial charge in [0.1, 0.15) is 0 Å². The Hall–Kier alpha value is -1.15. The van der Waals surface area contributed by atoms with E-state index in [0.29, 0.717) is 0 Å². The Morgan fingerprint density at radius 3 is 3.15 bits per heavy atom. The third kappa shape index (κ3) is 1.95. The van der Waals surface area contributed by atoms with E-state index in [1.807, 2.05) is 12.3 Å². The SMILES string of the molecule is C=C1CCOC(c2cccnc2)C1. The lowest BCUT2D eigenvalue weighted by atomic mass is 9.99. The zero-order valence-electron chi connectivity index (χ0n) is 7.57. The number of rotatable bonds is 1. The number of hydrogen-bond acceptors (Lipinski definition) is 2. The first kappa shape index (κ1) is 8.45. The topological polar surface area (TPSA) is 22.1 Å². The standard InChI is InChI=1S/C11H13NO/c1-9-4-6-13-11(7-9)10-3-2-5-12-8-10/h2-3,5,8,11H,1,4,6-7H2. The zero-order chi connectivity index (χ0) is 9.10. The minimum atomic E-state index is 0.176. The molecule has 0 spiro atoms. The summed E-state index contributed by atoms with van der Waals surface area (Å²) in [6, 6.07) is 3.99. The number of aromatic nitrogens is 1. The predicted octanol–water partition coefficient (Wildman–Crippen LogP) is 2.49. The van der Waals surface area contributed by atoms with Crippen LogP contribution in [0.15, 0.2) is 36.7 Å². The highest BCUT2D eigenvalue weighted by Gasteiger charge is 2.17. The lowest BCUT2D eigenvalue weighted by Crippen LogP contribution is -2.13. The highest BCUT2D eigenvalue weighted by Crippen LogP contribution is 2.29. The summed E-state index contributed by atoms with van der Waals surface area (Å²) in [7, 11) is 0. The Kier molecular flexibility index (Phi) is 2.41. The van der Waals surface area contributed by atoms with E-state index in [2.05, 4.69) is 17.6 Å². The second kappa shape index (κ2) is 3.71. The molecule has 1 aromatic heterocycles. The minimum Gasteiger partial charge on any atom is -0.373 e. The molecule has 2 heterocycles. The highest BCUT2D eigenvalue weighted by molar-refractivity contribution is 5.16. The van der Waals surface area contributed by atoms with Gasteiger partial charge in [-0.2, -0.15) is 0 Å². The maximum atomic E-state index is 5.63. The first-order valence-corrected chi connectivity index (χ1v) is 4.54. The zero-order valence-corrected chi connectivity index (χ0v) is 7.57. The Labute approximate surface area is 78.3 Å². The first-order chi connectivity index (χ1) is 6.36. The molecule has 68 valence electrons. The van der Waals surface area contributed by atoms with Gasteiger partial charge in [-0.15, -0.1) is 0 Å². The van der Waals surface area contributed by atoms with Gasteiger partial charge in [-0.05, 0) is 24.5 Å². The molecule has 0 amide bonds. The van der Waals surface area contributed by atoms with Crippen molar-refractivity contribution in [2.45, 2.75) is 18.9 Å². The van der Waals surface area contributed by atoms with E-state index in [9.17, 15) is 0 Å². The largest absolute Gasteiger partial charge is 0.373 e. The number of ether oxygens (including phenoxy) is 1. The predicted molar refractivity (Wildman–Crippen MR) is 51.3 cm³/mol. The Balaban J connectivity index is 2.13. The molecule has 0 saturated carbocycles. The Morgan fingerprint density at radius 2 is 2.46 bits per heavy atom. The van der Waals surface area contributed by atoms with Crippen molar-refractivity contribution < 1.29 is 4.74 Å². The van der Waals surface area contributed by atoms with Gasteiger partial charge in [0.2, 0.25) is 0 Å². The maximum absolute atomic E-state index is 5.63. The van der Waals surface area contributed by atoms with Crippen LogP contribution in [0.4, 0.5) is 0 Å². The molecular weight excluding hydrogens is 162 g/mol. The minimum absolute atomic E-state index is 0.176. The summed E-state index contributed by atoms with van der Waals surface area (Å²) in [5, 5.41) is 0. The van der Waals surface area contributed by atoms with Crippen molar-refractivity contribution in [3.8, 4) is 0 Å². The van der Waals surface area contributed by atoms with Crippen LogP contribution in [0.1, 0.15) is 24.5 Å². The van der Waals surface area contributed by atoms with Crippen LogP contribution in [-0.4, -0.2) is 11.6 Å². The van der Waals surface area contributed by atoms with Gasteiger partial charge in [0.05, 0.1) is 12.7 Å². The van der Waals surface area contributed by atoms with E-state index in [1.54, 1.807) is 6.20 Å². The second-order valence-corrected chi connectivity index (χ2v) is 3.35. The third-order valence-electron chi connectivity index (χ3n) is 2.30. The molecule has 0 radical (unpaired) electrons. The summed E-state index contributed by atoms with van der Waals surface area (Å²) >= 11 is 0. The summed E-state index contributed by atoms with van der Waals surface area (Å²) < 4.78 is 5.63. The molecular formula is C11H13NO. The molecule has 2 heteroatoms. The lowest BCUT2D eigenvalue weighted by molar-refractivity contribution is 0.0350. The average Bonchev–Trinajstić information content (AvgIpc) is 2.19. The van der Waals surface area contributed by atoms with Gasteiger partial charge < -0.3 is 4.74 Å². The molecule has 0 N–H and O–H groups in total. The van der Waals surface area contributed by atoms with Crippen LogP contribution in [-0.2, 0) is 4.74 Å². The van der Waals surface area contributed by atoms with Crippen molar-refractivity contribution in [2.75, 3.05) is 6.61 Å². The summed E-state index contributed by atoms with van der Waals surface area (Å²) in [4.78, 5) is 4.08. The van der Waals surface area contributed by atoms with Crippen molar-refractivity contribution in [3.05, 3.63) is 42.2 Å². The van der Waals surface area contributed by atoms with Crippen LogP contribution in [0.2, 0.25) is 0 Å². The number of hydrogen-bond donors (Lipinski definition) is 0. The smallest absolute Gasteiger partial charge is 0.0876 e. The Bertz CT molecular complexity index is 294. The second-order valence-electron chi connectivity index (χ2n) is 3.35. The molecule has 1 fully saturated rings. The molecule has 13 heavy (non-hydrogen) atoms. The molecule has 1 unspecified atom stereocenters. The van der Waals surface area contributed by atoms with Crippen LogP contribution in [0, 0.1) is 0 Å². The van der Waals surface area contributed by atoms with Gasteiger partial charge in [-0.3, -0.25) is 4.98 Å². The normalized spacial score (nSPS) is 23.1. The average molecular weight is 175 g/mol. The van der Waals surface area contributed by atoms with E-state index in [-0.39, 0.29) is 6.10 Å². The highest BCUT2D eigenvalue weighted by atomic mass is 16.5. The first-order valence-electron chi connectivity index (χ1n) is 4.54. The van der Waals surface area contributed by atoms with Crippen LogP contribution < -0.4 is 0 Å². The van der Waals surface area contributed by atoms with Gasteiger partial charge >= 0.3 is 0 Å². The summed E-state index contributed by atoms with van der Waals surface area (Å²) in [6.45, 7) is 4.78. The van der Waals surface area contributed by atoms with E-state index in [4.69, 9.17) is 4.74 Å². The fourth-order valence-electron chi connectivity index (χ4n) is 1.55. The van der Waals surface area contributed by atoms with E-state index < -0.39 is 0 Å². The van der Waals surface area contributed by atoms with E-state index in [1.165, 1.54) is 5.57 Å². The molecule has 0 aromatic carbocycles. The number of pyridine rings is 1. The van der Waals surface area contributed by atoms with Gasteiger partial charge in [0, 0.05) is 12.4 Å². The molecule has 1 saturated heterocycles. The van der Waals surface area contributed by atoms with E-state index >= 15 is 0 Å². The summed E-state index contributed by atoms with van der Waals surface area (Å²) in [6.07, 6.45) is 5.75. The molecule has 2 nitrogen and oxygen atoms in total. The van der Waals surface area contributed by atoms with Crippen molar-refractivity contribution in [1.82, 2.24) is 4.98 Å². The molecule has 0 aliphatic carbocycles. The fourth-order valence-corrected chi connectivity index (χ4v) is 1.55. The molecule has 1 aliphatic heterocycles. The third-order valence-corrected chi connectivity index (χ3v) is 2.30. The van der Waals surface area contributed by atoms with E-state index in [0.717, 1.165) is 25.0 Å². The quantitative estimate of drug-likeness (QED) is 0.612. The molecule has 1 aromatic rings. The Morgan fingerprint density at radius 1 is 1.54 bits per heavy atom. The number of nitrogens with zero attached hydrogens (tertiary/aromatic N) is 1. The summed E-state index contributed by atoms with van der Waals surface area (Å²) in [5.41, 5.74) is 2.43. The van der Waals surface area contributed by atoms with Gasteiger partial charge in [0.15, 0.2) is 0 Å². The van der Waals surface area contributed by atoms with Crippen molar-refractivity contribution in [3.63, 3.8) is 0 Å². The molecule has 1 atom stereocenters. The van der Waals surface area contributed by atoms with Crippen molar-refractivity contribution in [1.29, 1.82) is 0 Å². The van der Waals surface area contributed by atoms with Crippen molar-refractivity contribution >= 4 is 0 Å². The summed E-state index contributed by atoms with van der Waals surface area (Å²) in [5.74, 6) is 0. The maximum Gasteiger partial charge on any atom is 0.0876 e. The van der Waals surface area contributed by atoms with Crippen molar-refractivity contribution in [2.24, 2.45) is 0 Å². The lowest BCUT2D eigenvalue weighted by Gasteiger charge is -2.24. The van der Waals surface area contributed by atoms with Crippen LogP contribution in [0.5, 0.6) is 0 Å². The fraction of sp³-hybridized carbons (Fsp3) is 0.364. The van der Waals surface area contributed by atoms with Gasteiger partial charge in [0.25, 0.3) is 0 Å². The monoisotopic (exact) mass is 175 g/mol. The van der Waals surface area contributed by atoms with Crippen LogP contribution in [0.3, 0.4) is 0 Å².